The van der Waals surface area contributed by atoms with Gasteiger partial charge in [-0.05, 0) is 12.0 Å². The Bertz CT molecular complexity index is 382. The second-order valence-electron chi connectivity index (χ2n) is 4.57. The predicted octanol–water partition coefficient (Wildman–Crippen LogP) is 1.12. The van der Waals surface area contributed by atoms with Crippen molar-refractivity contribution in [3.63, 3.8) is 0 Å². The fourth-order valence-corrected chi connectivity index (χ4v) is 2.49. The third-order valence-electron chi connectivity index (χ3n) is 3.23. The van der Waals surface area contributed by atoms with Gasteiger partial charge in [0.05, 0.1) is 11.1 Å². The Morgan fingerprint density at radius 1 is 1.47 bits per heavy atom. The molecule has 92 valence electrons. The number of benzene rings is 1. The molecule has 0 aromatic heterocycles. The minimum Gasteiger partial charge on any atom is -0.393 e. The van der Waals surface area contributed by atoms with Gasteiger partial charge < -0.3 is 10.8 Å². The normalized spacial score (nSPS) is 22.5. The van der Waals surface area contributed by atoms with Crippen LogP contribution in [0.1, 0.15) is 17.9 Å². The molecule has 2 rings (SSSR count). The van der Waals surface area contributed by atoms with Crippen molar-refractivity contribution < 1.29 is 5.11 Å². The first-order chi connectivity index (χ1) is 8.16. The highest BCUT2D eigenvalue weighted by Gasteiger charge is 2.24. The Morgan fingerprint density at radius 2 is 2.18 bits per heavy atom. The molecule has 0 spiro atoms. The predicted molar refractivity (Wildman–Crippen MR) is 73.0 cm³/mol. The minimum atomic E-state index is -0.197. The zero-order valence-corrected chi connectivity index (χ0v) is 10.6. The van der Waals surface area contributed by atoms with Gasteiger partial charge in [0.15, 0.2) is 0 Å². The van der Waals surface area contributed by atoms with Crippen molar-refractivity contribution >= 4 is 17.2 Å². The van der Waals surface area contributed by atoms with E-state index in [0.29, 0.717) is 4.99 Å². The number of nitrogens with zero attached hydrogens (tertiary/aromatic N) is 1. The average Bonchev–Trinajstić information content (AvgIpc) is 2.73. The van der Waals surface area contributed by atoms with Crippen LogP contribution in [0.2, 0.25) is 0 Å². The molecule has 1 aliphatic rings. The molecule has 0 radical (unpaired) electrons. The van der Waals surface area contributed by atoms with Crippen LogP contribution in [0.25, 0.3) is 0 Å². The Kier molecular flexibility index (Phi) is 4.10. The average molecular weight is 250 g/mol. The van der Waals surface area contributed by atoms with Crippen LogP contribution in [0.4, 0.5) is 0 Å². The van der Waals surface area contributed by atoms with Crippen LogP contribution in [-0.4, -0.2) is 40.7 Å². The number of hydrogen-bond donors (Lipinski definition) is 2. The molecule has 0 amide bonds. The molecule has 0 bridgehead atoms. The molecule has 1 aromatic carbocycles. The maximum absolute atomic E-state index is 9.52. The SMILES string of the molecule is NC(=S)C(CN1CCC(O)C1)c1ccccc1. The number of likely N-dealkylation sites (tertiary alicyclic amines) is 1. The lowest BCUT2D eigenvalue weighted by atomic mass is 9.98. The van der Waals surface area contributed by atoms with Crippen molar-refractivity contribution in [3.8, 4) is 0 Å². The van der Waals surface area contributed by atoms with Gasteiger partial charge in [-0.15, -0.1) is 0 Å². The second kappa shape index (κ2) is 5.58. The van der Waals surface area contributed by atoms with Crippen LogP contribution >= 0.6 is 12.2 Å². The lowest BCUT2D eigenvalue weighted by Crippen LogP contribution is -2.33. The molecule has 1 heterocycles. The zero-order valence-electron chi connectivity index (χ0n) is 9.75. The molecule has 3 nitrogen and oxygen atoms in total. The van der Waals surface area contributed by atoms with Crippen LogP contribution < -0.4 is 5.73 Å². The van der Waals surface area contributed by atoms with Gasteiger partial charge in [0.25, 0.3) is 0 Å². The Morgan fingerprint density at radius 3 is 2.71 bits per heavy atom. The molecular formula is C13H18N2OS. The summed E-state index contributed by atoms with van der Waals surface area (Å²) < 4.78 is 0. The van der Waals surface area contributed by atoms with Crippen LogP contribution in [0.15, 0.2) is 30.3 Å². The van der Waals surface area contributed by atoms with Gasteiger partial charge in [0.1, 0.15) is 0 Å². The number of thiocarbonyl (C=S) groups is 1. The quantitative estimate of drug-likeness (QED) is 0.786. The number of β-amino-alcohol motifs (C(OH)–C–C–N with tert-alkyl or cyclic N) is 1. The number of aliphatic hydroxyl groups excluding tert-OH is 1. The van der Waals surface area contributed by atoms with E-state index in [4.69, 9.17) is 18.0 Å². The lowest BCUT2D eigenvalue weighted by Gasteiger charge is -2.23. The van der Waals surface area contributed by atoms with E-state index in [1.54, 1.807) is 0 Å². The summed E-state index contributed by atoms with van der Waals surface area (Å²) in [6, 6.07) is 10.1. The highest BCUT2D eigenvalue weighted by molar-refractivity contribution is 7.80. The minimum absolute atomic E-state index is 0.0801. The van der Waals surface area contributed by atoms with Crippen molar-refractivity contribution in [3.05, 3.63) is 35.9 Å². The van der Waals surface area contributed by atoms with Crippen molar-refractivity contribution in [1.29, 1.82) is 0 Å². The van der Waals surface area contributed by atoms with Crippen molar-refractivity contribution in [2.75, 3.05) is 19.6 Å². The lowest BCUT2D eigenvalue weighted by molar-refractivity contribution is 0.176. The fraction of sp³-hybridized carbons (Fsp3) is 0.462. The van der Waals surface area contributed by atoms with E-state index in [9.17, 15) is 5.11 Å². The standard InChI is InChI=1S/C13H18N2OS/c14-13(17)12(10-4-2-1-3-5-10)9-15-7-6-11(16)8-15/h1-5,11-12,16H,6-9H2,(H2,14,17). The van der Waals surface area contributed by atoms with E-state index in [-0.39, 0.29) is 12.0 Å². The second-order valence-corrected chi connectivity index (χ2v) is 5.04. The largest absolute Gasteiger partial charge is 0.393 e. The summed E-state index contributed by atoms with van der Waals surface area (Å²) in [4.78, 5) is 2.75. The molecule has 0 aliphatic carbocycles. The summed E-state index contributed by atoms with van der Waals surface area (Å²) >= 11 is 5.15. The monoisotopic (exact) mass is 250 g/mol. The highest BCUT2D eigenvalue weighted by Crippen LogP contribution is 2.20. The van der Waals surface area contributed by atoms with Crippen molar-refractivity contribution in [2.24, 2.45) is 5.73 Å². The Hall–Kier alpha value is -0.970. The summed E-state index contributed by atoms with van der Waals surface area (Å²) in [5.74, 6) is 0.0801. The van der Waals surface area contributed by atoms with Crippen LogP contribution in [0.3, 0.4) is 0 Å². The third-order valence-corrected chi connectivity index (χ3v) is 3.52. The van der Waals surface area contributed by atoms with Gasteiger partial charge in [-0.25, -0.2) is 0 Å². The van der Waals surface area contributed by atoms with Crippen molar-refractivity contribution in [1.82, 2.24) is 4.90 Å². The summed E-state index contributed by atoms with van der Waals surface area (Å²) in [5, 5.41) is 9.52. The van der Waals surface area contributed by atoms with Crippen LogP contribution in [0, 0.1) is 0 Å². The first-order valence-electron chi connectivity index (χ1n) is 5.91. The van der Waals surface area contributed by atoms with Gasteiger partial charge in [-0.1, -0.05) is 42.5 Å². The topological polar surface area (TPSA) is 49.5 Å². The van der Waals surface area contributed by atoms with E-state index in [2.05, 4.69) is 17.0 Å². The molecule has 17 heavy (non-hydrogen) atoms. The van der Waals surface area contributed by atoms with E-state index in [1.165, 1.54) is 0 Å². The summed E-state index contributed by atoms with van der Waals surface area (Å²) in [7, 11) is 0. The summed E-state index contributed by atoms with van der Waals surface area (Å²) in [5.41, 5.74) is 6.98. The van der Waals surface area contributed by atoms with Gasteiger partial charge >= 0.3 is 0 Å². The molecule has 1 aliphatic heterocycles. The zero-order chi connectivity index (χ0) is 12.3. The molecule has 1 aromatic rings. The maximum Gasteiger partial charge on any atom is 0.0816 e. The van der Waals surface area contributed by atoms with E-state index in [0.717, 1.165) is 31.6 Å². The smallest absolute Gasteiger partial charge is 0.0816 e. The summed E-state index contributed by atoms with van der Waals surface area (Å²) in [6.45, 7) is 2.45. The van der Waals surface area contributed by atoms with Crippen LogP contribution in [-0.2, 0) is 0 Å². The maximum atomic E-state index is 9.52. The number of hydrogen-bond acceptors (Lipinski definition) is 3. The summed E-state index contributed by atoms with van der Waals surface area (Å²) in [6.07, 6.45) is 0.650. The van der Waals surface area contributed by atoms with Gasteiger partial charge in [-0.3, -0.25) is 4.90 Å². The molecular weight excluding hydrogens is 232 g/mol. The van der Waals surface area contributed by atoms with E-state index in [1.807, 2.05) is 18.2 Å². The van der Waals surface area contributed by atoms with Gasteiger partial charge in [0.2, 0.25) is 0 Å². The number of nitrogens with two attached hydrogens (primary N) is 1. The van der Waals surface area contributed by atoms with E-state index >= 15 is 0 Å². The molecule has 1 saturated heterocycles. The molecule has 0 saturated carbocycles. The number of aliphatic hydroxyl groups is 1. The molecule has 4 heteroatoms. The molecule has 1 fully saturated rings. The molecule has 2 atom stereocenters. The third kappa shape index (κ3) is 3.25. The number of rotatable bonds is 4. The first-order valence-corrected chi connectivity index (χ1v) is 6.32. The van der Waals surface area contributed by atoms with E-state index < -0.39 is 0 Å². The van der Waals surface area contributed by atoms with Gasteiger partial charge in [0, 0.05) is 25.6 Å². The van der Waals surface area contributed by atoms with Crippen LogP contribution in [0.5, 0.6) is 0 Å². The first kappa shape index (κ1) is 12.5. The molecule has 3 N–H and O–H groups in total. The highest BCUT2D eigenvalue weighted by atomic mass is 32.1. The Balaban J connectivity index is 2.06. The van der Waals surface area contributed by atoms with Gasteiger partial charge in [-0.2, -0.15) is 0 Å². The van der Waals surface area contributed by atoms with Crippen molar-refractivity contribution in [2.45, 2.75) is 18.4 Å². The molecule has 2 unspecified atom stereocenters. The Labute approximate surface area is 107 Å². The fourth-order valence-electron chi connectivity index (χ4n) is 2.28.